The summed E-state index contributed by atoms with van der Waals surface area (Å²) in [5, 5.41) is 0. The van der Waals surface area contributed by atoms with Crippen molar-refractivity contribution in [3.8, 4) is 0 Å². The van der Waals surface area contributed by atoms with E-state index in [1.807, 2.05) is 21.1 Å². The Morgan fingerprint density at radius 1 is 0.627 bits per heavy atom. The molecule has 0 N–H and O–H groups in total. The summed E-state index contributed by atoms with van der Waals surface area (Å²) in [5.41, 5.74) is 0. The van der Waals surface area contributed by atoms with Gasteiger partial charge in [0.1, 0.15) is 19.8 Å². The number of nitrogens with zero attached hydrogens (tertiary/aromatic N) is 1. The van der Waals surface area contributed by atoms with E-state index in [1.165, 1.54) is 64.2 Å². The molecule has 0 bridgehead atoms. The molecule has 0 aromatic rings. The summed E-state index contributed by atoms with van der Waals surface area (Å²) in [4.78, 5) is 37.3. The van der Waals surface area contributed by atoms with Gasteiger partial charge in [-0.05, 0) is 44.9 Å². The Kier molecular flexibility index (Phi) is 32.8. The normalized spacial score (nSPS) is 14.1. The van der Waals surface area contributed by atoms with Crippen LogP contribution in [0, 0.1) is 0 Å². The third-order valence-electron chi connectivity index (χ3n) is 8.42. The molecule has 0 radical (unpaired) electrons. The molecular formula is C41H76NO8P. The fourth-order valence-electron chi connectivity index (χ4n) is 5.26. The van der Waals surface area contributed by atoms with E-state index in [0.717, 1.165) is 64.2 Å². The van der Waals surface area contributed by atoms with E-state index in [0.29, 0.717) is 17.4 Å². The molecule has 0 heterocycles. The van der Waals surface area contributed by atoms with Crippen molar-refractivity contribution in [2.75, 3.05) is 47.5 Å². The largest absolute Gasteiger partial charge is 0.756 e. The van der Waals surface area contributed by atoms with Gasteiger partial charge in [0.05, 0.1) is 27.7 Å². The number of phosphoric ester groups is 1. The number of allylic oxidation sites excluding steroid dienone is 6. The van der Waals surface area contributed by atoms with Crippen molar-refractivity contribution >= 4 is 19.8 Å². The number of unbranched alkanes of at least 4 members (excludes halogenated alkanes) is 16. The molecule has 0 spiro atoms. The third-order valence-corrected chi connectivity index (χ3v) is 9.39. The van der Waals surface area contributed by atoms with E-state index in [4.69, 9.17) is 18.5 Å². The Bertz CT molecular complexity index is 975. The lowest BCUT2D eigenvalue weighted by Crippen LogP contribution is -2.37. The maximum absolute atomic E-state index is 12.6. The van der Waals surface area contributed by atoms with Crippen molar-refractivity contribution in [2.24, 2.45) is 0 Å². The van der Waals surface area contributed by atoms with E-state index in [1.54, 1.807) is 0 Å². The van der Waals surface area contributed by atoms with Crippen molar-refractivity contribution in [1.82, 2.24) is 0 Å². The third kappa shape index (κ3) is 37.8. The molecule has 51 heavy (non-hydrogen) atoms. The van der Waals surface area contributed by atoms with Gasteiger partial charge in [-0.2, -0.15) is 0 Å². The SMILES string of the molecule is CC/C=C\C/C=C\C/C=C\CCCCCCCCCC(=O)OC(COC(=O)CCCCCCCCCCCC)COP(=O)([O-])OCC[N+](C)(C)C. The Hall–Kier alpha value is -1.77. The monoisotopic (exact) mass is 742 g/mol. The summed E-state index contributed by atoms with van der Waals surface area (Å²) in [6.07, 6.45) is 36.0. The van der Waals surface area contributed by atoms with Crippen LogP contribution < -0.4 is 4.89 Å². The lowest BCUT2D eigenvalue weighted by Gasteiger charge is -2.28. The summed E-state index contributed by atoms with van der Waals surface area (Å²) < 4.78 is 33.8. The Morgan fingerprint density at radius 2 is 1.12 bits per heavy atom. The molecule has 0 aliphatic heterocycles. The predicted octanol–water partition coefficient (Wildman–Crippen LogP) is 10.3. The second-order valence-electron chi connectivity index (χ2n) is 14.6. The summed E-state index contributed by atoms with van der Waals surface area (Å²) >= 11 is 0. The van der Waals surface area contributed by atoms with Gasteiger partial charge in [-0.3, -0.25) is 14.2 Å². The Balaban J connectivity index is 4.40. The van der Waals surface area contributed by atoms with Gasteiger partial charge >= 0.3 is 11.9 Å². The molecule has 10 heteroatoms. The number of carbonyl (C=O) groups excluding carboxylic acids is 2. The lowest BCUT2D eigenvalue weighted by molar-refractivity contribution is -0.870. The maximum Gasteiger partial charge on any atom is 0.306 e. The van der Waals surface area contributed by atoms with E-state index >= 15 is 0 Å². The number of likely N-dealkylation sites (N-methyl/N-ethyl adjacent to an activating group) is 1. The van der Waals surface area contributed by atoms with E-state index < -0.39 is 26.5 Å². The van der Waals surface area contributed by atoms with Crippen LogP contribution in [0.3, 0.4) is 0 Å². The molecule has 0 rings (SSSR count). The molecule has 0 saturated carbocycles. The molecule has 0 aromatic heterocycles. The van der Waals surface area contributed by atoms with Crippen LogP contribution in [-0.4, -0.2) is 70.0 Å². The first-order valence-corrected chi connectivity index (χ1v) is 21.7. The number of ether oxygens (including phenoxy) is 2. The molecule has 0 aliphatic carbocycles. The molecule has 0 amide bonds. The van der Waals surface area contributed by atoms with Crippen molar-refractivity contribution in [1.29, 1.82) is 0 Å². The number of hydrogen-bond acceptors (Lipinski definition) is 8. The highest BCUT2D eigenvalue weighted by atomic mass is 31.2. The van der Waals surface area contributed by atoms with E-state index in [2.05, 4.69) is 50.3 Å². The Morgan fingerprint density at radius 3 is 1.67 bits per heavy atom. The average molecular weight is 742 g/mol. The molecule has 298 valence electrons. The van der Waals surface area contributed by atoms with Gasteiger partial charge in [-0.1, -0.05) is 140 Å². The Labute approximate surface area is 312 Å². The quantitative estimate of drug-likeness (QED) is 0.0205. The first kappa shape index (κ1) is 49.2. The number of carbonyl (C=O) groups is 2. The molecule has 0 aromatic carbocycles. The van der Waals surface area contributed by atoms with Crippen LogP contribution >= 0.6 is 7.82 Å². The summed E-state index contributed by atoms with van der Waals surface area (Å²) in [6, 6.07) is 0. The lowest BCUT2D eigenvalue weighted by atomic mass is 10.1. The maximum atomic E-state index is 12.6. The number of rotatable bonds is 36. The number of quaternary nitrogens is 1. The molecule has 2 atom stereocenters. The average Bonchev–Trinajstić information content (AvgIpc) is 3.07. The van der Waals surface area contributed by atoms with Crippen LogP contribution in [0.2, 0.25) is 0 Å². The summed E-state index contributed by atoms with van der Waals surface area (Å²) in [5.74, 6) is -0.848. The van der Waals surface area contributed by atoms with Crippen LogP contribution in [0.1, 0.15) is 162 Å². The molecule has 0 fully saturated rings. The zero-order valence-electron chi connectivity index (χ0n) is 33.3. The molecular weight excluding hydrogens is 665 g/mol. The minimum atomic E-state index is -4.62. The molecule has 0 saturated heterocycles. The first-order valence-electron chi connectivity index (χ1n) is 20.2. The van der Waals surface area contributed by atoms with Gasteiger partial charge in [0, 0.05) is 12.8 Å². The fraction of sp³-hybridized carbons (Fsp3) is 0.805. The second-order valence-corrected chi connectivity index (χ2v) is 16.0. The molecule has 0 aliphatic rings. The molecule has 2 unspecified atom stereocenters. The highest BCUT2D eigenvalue weighted by Crippen LogP contribution is 2.38. The highest BCUT2D eigenvalue weighted by molar-refractivity contribution is 7.45. The van der Waals surface area contributed by atoms with E-state index in [9.17, 15) is 19.0 Å². The van der Waals surface area contributed by atoms with Gasteiger partial charge in [0.25, 0.3) is 7.82 Å². The summed E-state index contributed by atoms with van der Waals surface area (Å²) in [7, 11) is 1.16. The molecule has 9 nitrogen and oxygen atoms in total. The minimum Gasteiger partial charge on any atom is -0.756 e. The van der Waals surface area contributed by atoms with Crippen LogP contribution in [0.25, 0.3) is 0 Å². The summed E-state index contributed by atoms with van der Waals surface area (Å²) in [6.45, 7) is 4.08. The van der Waals surface area contributed by atoms with Crippen molar-refractivity contribution in [2.45, 2.75) is 168 Å². The topological polar surface area (TPSA) is 111 Å². The fourth-order valence-corrected chi connectivity index (χ4v) is 5.98. The van der Waals surface area contributed by atoms with Gasteiger partial charge in [0.2, 0.25) is 0 Å². The van der Waals surface area contributed by atoms with Crippen molar-refractivity contribution < 1.29 is 42.1 Å². The van der Waals surface area contributed by atoms with Crippen LogP contribution in [0.4, 0.5) is 0 Å². The van der Waals surface area contributed by atoms with Crippen LogP contribution in [0.5, 0.6) is 0 Å². The number of phosphoric acid groups is 1. The van der Waals surface area contributed by atoms with Crippen molar-refractivity contribution in [3.63, 3.8) is 0 Å². The predicted molar refractivity (Wildman–Crippen MR) is 208 cm³/mol. The second kappa shape index (κ2) is 34.0. The van der Waals surface area contributed by atoms with Gasteiger partial charge in [-0.25, -0.2) is 0 Å². The van der Waals surface area contributed by atoms with Gasteiger partial charge in [0.15, 0.2) is 6.10 Å². The first-order chi connectivity index (χ1) is 24.5. The zero-order valence-corrected chi connectivity index (χ0v) is 34.2. The smallest absolute Gasteiger partial charge is 0.306 e. The van der Waals surface area contributed by atoms with Gasteiger partial charge in [-0.15, -0.1) is 0 Å². The minimum absolute atomic E-state index is 0.0327. The van der Waals surface area contributed by atoms with E-state index in [-0.39, 0.29) is 32.0 Å². The standard InChI is InChI=1S/C41H76NO8P/c1-6-8-10-12-14-16-18-19-20-21-22-23-24-26-28-30-32-34-41(44)50-39(38-49-51(45,46)48-36-35-42(3,4)5)37-47-40(43)33-31-29-27-25-17-15-13-11-9-7-2/h8,10,14,16,19-20,39H,6-7,9,11-13,15,17-18,21-38H2,1-5H3/b10-8-,16-14-,20-19-. The van der Waals surface area contributed by atoms with Crippen LogP contribution in [0.15, 0.2) is 36.5 Å². The zero-order chi connectivity index (χ0) is 37.9. The highest BCUT2D eigenvalue weighted by Gasteiger charge is 2.21. The van der Waals surface area contributed by atoms with Crippen LogP contribution in [-0.2, 0) is 32.7 Å². The van der Waals surface area contributed by atoms with Crippen molar-refractivity contribution in [3.05, 3.63) is 36.5 Å². The number of hydrogen-bond donors (Lipinski definition) is 0. The number of esters is 2. The van der Waals surface area contributed by atoms with Gasteiger partial charge < -0.3 is 27.9 Å².